The first-order valence-corrected chi connectivity index (χ1v) is 16.1. The average molecular weight is 589 g/mol. The van der Waals surface area contributed by atoms with Crippen molar-refractivity contribution in [3.05, 3.63) is 11.6 Å². The zero-order valence-corrected chi connectivity index (χ0v) is 26.2. The summed E-state index contributed by atoms with van der Waals surface area (Å²) in [5.74, 6) is 1.13. The van der Waals surface area contributed by atoms with Gasteiger partial charge in [-0.05, 0) is 90.5 Å². The van der Waals surface area contributed by atoms with Gasteiger partial charge in [-0.1, -0.05) is 6.08 Å². The number of nitrogens with two attached hydrogens (primary N) is 1. The van der Waals surface area contributed by atoms with Gasteiger partial charge in [0.25, 0.3) is 0 Å². The van der Waals surface area contributed by atoms with Crippen LogP contribution >= 0.6 is 0 Å². The van der Waals surface area contributed by atoms with Gasteiger partial charge in [-0.2, -0.15) is 0 Å². The average Bonchev–Trinajstić information content (AvgIpc) is 3.28. The molecule has 1 saturated carbocycles. The third kappa shape index (κ3) is 6.42. The minimum Gasteiger partial charge on any atom is -0.462 e. The number of piperidine rings is 1. The lowest BCUT2D eigenvalue weighted by molar-refractivity contribution is -0.207. The Kier molecular flexibility index (Phi) is 9.38. The highest BCUT2D eigenvalue weighted by molar-refractivity contribution is 5.88. The second-order valence-electron chi connectivity index (χ2n) is 14.2. The van der Waals surface area contributed by atoms with Gasteiger partial charge in [-0.3, -0.25) is 9.59 Å². The molecule has 10 heteroatoms. The largest absolute Gasteiger partial charge is 0.462 e. The van der Waals surface area contributed by atoms with Crippen molar-refractivity contribution in [3.63, 3.8) is 0 Å². The Bertz CT molecular complexity index is 1060. The molecular formula is C32H52N4O6. The molecule has 5 fully saturated rings. The van der Waals surface area contributed by atoms with E-state index < -0.39 is 11.2 Å². The number of likely N-dealkylation sites (tertiary alicyclic amines) is 1. The summed E-state index contributed by atoms with van der Waals surface area (Å²) in [7, 11) is 1.95. The number of esters is 2. The van der Waals surface area contributed by atoms with Crippen molar-refractivity contribution in [1.29, 1.82) is 0 Å². The summed E-state index contributed by atoms with van der Waals surface area (Å²) in [5, 5.41) is 6.61. The lowest BCUT2D eigenvalue weighted by Crippen LogP contribution is -2.58. The number of hydrogen-bond donors (Lipinski definition) is 3. The van der Waals surface area contributed by atoms with Gasteiger partial charge in [-0.25, -0.2) is 4.79 Å². The van der Waals surface area contributed by atoms with E-state index in [4.69, 9.17) is 19.9 Å². The van der Waals surface area contributed by atoms with E-state index in [1.165, 1.54) is 0 Å². The first-order valence-electron chi connectivity index (χ1n) is 16.1. The van der Waals surface area contributed by atoms with Crippen LogP contribution in [-0.2, 0) is 28.6 Å². The van der Waals surface area contributed by atoms with Crippen LogP contribution in [0.2, 0.25) is 0 Å². The van der Waals surface area contributed by atoms with Crippen LogP contribution in [0.5, 0.6) is 0 Å². The van der Waals surface area contributed by atoms with Gasteiger partial charge in [-0.15, -0.1) is 0 Å². The molecule has 5 rings (SSSR count). The molecule has 236 valence electrons. The smallest absolute Gasteiger partial charge is 0.334 e. The van der Waals surface area contributed by atoms with Gasteiger partial charge in [0.15, 0.2) is 0 Å². The standard InChI is InChI=1S/C32H52N4O6/c1-6-19(2)30(39)42-31(3,4)32(14-23-9-21-7-8-29(38)40-25(21)12-26(23)41-32)13-22-10-27(33)35-16-24(22)11-28(37)36-17-20(18-36)15-34-5/h6,20-27,34-35H,7-18,33H2,1-5H3/t21?,22?,23?,24?,25?,26?,27?,32-/m1/s1. The van der Waals surface area contributed by atoms with Crippen LogP contribution < -0.4 is 16.4 Å². The number of ether oxygens (including phenoxy) is 3. The molecule has 1 amide bonds. The maximum Gasteiger partial charge on any atom is 0.334 e. The van der Waals surface area contributed by atoms with Crippen LogP contribution in [0.1, 0.15) is 79.1 Å². The number of fused-ring (bicyclic) bond motifs is 2. The van der Waals surface area contributed by atoms with Gasteiger partial charge in [0.2, 0.25) is 5.91 Å². The van der Waals surface area contributed by atoms with Crippen molar-refractivity contribution in [2.45, 2.75) is 109 Å². The fourth-order valence-electron chi connectivity index (χ4n) is 8.22. The van der Waals surface area contributed by atoms with E-state index in [0.717, 1.165) is 45.3 Å². The Morgan fingerprint density at radius 1 is 1.19 bits per heavy atom. The molecule has 5 aliphatic rings. The zero-order chi connectivity index (χ0) is 30.2. The van der Waals surface area contributed by atoms with Gasteiger partial charge < -0.3 is 35.5 Å². The summed E-state index contributed by atoms with van der Waals surface area (Å²) in [6, 6.07) is 0. The van der Waals surface area contributed by atoms with Crippen molar-refractivity contribution >= 4 is 17.8 Å². The number of nitrogens with one attached hydrogen (secondary N) is 2. The molecule has 4 heterocycles. The van der Waals surface area contributed by atoms with E-state index in [0.29, 0.717) is 55.6 Å². The van der Waals surface area contributed by atoms with Crippen LogP contribution in [0.15, 0.2) is 11.6 Å². The molecule has 1 aliphatic carbocycles. The van der Waals surface area contributed by atoms with Crippen molar-refractivity contribution < 1.29 is 28.6 Å². The van der Waals surface area contributed by atoms with E-state index in [2.05, 4.69) is 10.6 Å². The van der Waals surface area contributed by atoms with Gasteiger partial charge in [0.05, 0.1) is 12.3 Å². The lowest BCUT2D eigenvalue weighted by Gasteiger charge is -2.48. The molecule has 0 bridgehead atoms. The Morgan fingerprint density at radius 3 is 2.67 bits per heavy atom. The number of carbonyl (C=O) groups is 3. The first kappa shape index (κ1) is 31.4. The number of amides is 1. The molecule has 4 aliphatic heterocycles. The fourth-order valence-corrected chi connectivity index (χ4v) is 8.22. The Hall–Kier alpha value is -2.01. The Morgan fingerprint density at radius 2 is 1.95 bits per heavy atom. The van der Waals surface area contributed by atoms with E-state index >= 15 is 0 Å². The van der Waals surface area contributed by atoms with E-state index in [9.17, 15) is 14.4 Å². The van der Waals surface area contributed by atoms with E-state index in [-0.39, 0.29) is 48.1 Å². The number of allylic oxidation sites excluding steroid dienone is 1. The predicted molar refractivity (Wildman–Crippen MR) is 158 cm³/mol. The Balaban J connectivity index is 1.37. The number of carbonyl (C=O) groups excluding carboxylic acids is 3. The third-order valence-corrected chi connectivity index (χ3v) is 11.0. The second-order valence-corrected chi connectivity index (χ2v) is 14.2. The third-order valence-electron chi connectivity index (χ3n) is 11.0. The van der Waals surface area contributed by atoms with E-state index in [1.807, 2.05) is 32.7 Å². The van der Waals surface area contributed by atoms with E-state index in [1.54, 1.807) is 13.0 Å². The molecule has 10 nitrogen and oxygen atoms in total. The highest BCUT2D eigenvalue weighted by Crippen LogP contribution is 2.55. The molecule has 7 unspecified atom stereocenters. The topological polar surface area (TPSA) is 132 Å². The van der Waals surface area contributed by atoms with Gasteiger partial charge in [0, 0.05) is 56.9 Å². The van der Waals surface area contributed by atoms with Gasteiger partial charge >= 0.3 is 11.9 Å². The highest BCUT2D eigenvalue weighted by Gasteiger charge is 2.60. The minimum absolute atomic E-state index is 0.0707. The maximum atomic E-state index is 13.3. The van der Waals surface area contributed by atoms with Crippen LogP contribution in [0.4, 0.5) is 0 Å². The molecule has 4 N–H and O–H groups in total. The normalized spacial score (nSPS) is 37.4. The first-order chi connectivity index (χ1) is 19.9. The summed E-state index contributed by atoms with van der Waals surface area (Å²) in [4.78, 5) is 40.5. The molecule has 0 radical (unpaired) electrons. The fraction of sp³-hybridized carbons (Fsp3) is 0.844. The number of hydrogen-bond acceptors (Lipinski definition) is 9. The van der Waals surface area contributed by atoms with Crippen LogP contribution in [-0.4, -0.2) is 85.5 Å². The summed E-state index contributed by atoms with van der Waals surface area (Å²) < 4.78 is 19.1. The predicted octanol–water partition coefficient (Wildman–Crippen LogP) is 2.50. The van der Waals surface area contributed by atoms with Crippen LogP contribution in [0.3, 0.4) is 0 Å². The van der Waals surface area contributed by atoms with Crippen LogP contribution in [0.25, 0.3) is 0 Å². The van der Waals surface area contributed by atoms with Crippen molar-refractivity contribution in [2.24, 2.45) is 35.3 Å². The van der Waals surface area contributed by atoms with Gasteiger partial charge in [0.1, 0.15) is 17.3 Å². The quantitative estimate of drug-likeness (QED) is 0.275. The molecule has 0 aromatic heterocycles. The zero-order valence-electron chi connectivity index (χ0n) is 26.2. The summed E-state index contributed by atoms with van der Waals surface area (Å²) in [6.45, 7) is 10.8. The summed E-state index contributed by atoms with van der Waals surface area (Å²) in [6.07, 6.45) is 6.99. The van der Waals surface area contributed by atoms with Crippen LogP contribution in [0, 0.1) is 29.6 Å². The van der Waals surface area contributed by atoms with Crippen molar-refractivity contribution in [2.75, 3.05) is 33.2 Å². The van der Waals surface area contributed by atoms with Crippen molar-refractivity contribution in [1.82, 2.24) is 15.5 Å². The molecule has 0 spiro atoms. The summed E-state index contributed by atoms with van der Waals surface area (Å²) in [5.41, 5.74) is 5.34. The Labute approximate surface area is 250 Å². The van der Waals surface area contributed by atoms with Crippen molar-refractivity contribution in [3.8, 4) is 0 Å². The molecule has 0 aromatic carbocycles. The lowest BCUT2D eigenvalue weighted by atomic mass is 9.67. The maximum absolute atomic E-state index is 13.3. The SMILES string of the molecule is CC=C(C)C(=O)OC(C)(C)[C@@]1(CC2CC(N)NCC2CC(=O)N2CC(CNC)C2)CC2CC3CCC(=O)OC3CC2O1. The molecule has 4 saturated heterocycles. The monoisotopic (exact) mass is 588 g/mol. The number of rotatable bonds is 9. The number of nitrogens with zero attached hydrogens (tertiary/aromatic N) is 1. The summed E-state index contributed by atoms with van der Waals surface area (Å²) >= 11 is 0. The molecular weight excluding hydrogens is 536 g/mol. The molecule has 0 aromatic rings. The second kappa shape index (κ2) is 12.5. The highest BCUT2D eigenvalue weighted by atomic mass is 16.6. The molecule has 42 heavy (non-hydrogen) atoms. The molecule has 8 atom stereocenters. The minimum atomic E-state index is -0.922.